The number of nitrogens with one attached hydrogen (secondary N) is 1. The minimum Gasteiger partial charge on any atom is -0.392 e. The Morgan fingerprint density at radius 2 is 1.77 bits per heavy atom. The molecule has 2 rings (SSSR count). The number of nitrogens with zero attached hydrogens (tertiary/aromatic N) is 1. The van der Waals surface area contributed by atoms with Gasteiger partial charge in [-0.25, -0.2) is 18.5 Å². The van der Waals surface area contributed by atoms with E-state index >= 15 is 0 Å². The Bertz CT molecular complexity index is 1090. The quantitative estimate of drug-likeness (QED) is 0.202. The first kappa shape index (κ1) is 25.1. The molecule has 1 fully saturated rings. The molecule has 5 atom stereocenters. The molecule has 1 aliphatic rings. The maximum Gasteiger partial charge on any atom is 0.490 e. The molecule has 0 aromatic carbocycles. The topological polar surface area (TPSA) is 235 Å². The van der Waals surface area contributed by atoms with Crippen molar-refractivity contribution in [2.75, 3.05) is 6.61 Å². The molecule has 1 saturated carbocycles. The van der Waals surface area contributed by atoms with E-state index in [9.17, 15) is 33.3 Å². The molecule has 1 aromatic heterocycles. The summed E-state index contributed by atoms with van der Waals surface area (Å²) in [5, 5.41) is 10.2. The van der Waals surface area contributed by atoms with E-state index in [1.807, 2.05) is 0 Å². The van der Waals surface area contributed by atoms with Crippen molar-refractivity contribution in [1.29, 1.82) is 0 Å². The summed E-state index contributed by atoms with van der Waals surface area (Å²) in [6.07, 6.45) is -0.0164. The summed E-state index contributed by atoms with van der Waals surface area (Å²) in [5.41, 5.74) is -0.953. The van der Waals surface area contributed by atoms with Crippen LogP contribution in [0.1, 0.15) is 18.0 Å². The van der Waals surface area contributed by atoms with Gasteiger partial charge in [-0.3, -0.25) is 18.9 Å². The van der Waals surface area contributed by atoms with E-state index in [-0.39, 0.29) is 17.6 Å². The Labute approximate surface area is 168 Å². The van der Waals surface area contributed by atoms with Gasteiger partial charge in [0, 0.05) is 17.7 Å². The largest absolute Gasteiger partial charge is 0.490 e. The van der Waals surface area contributed by atoms with E-state index in [2.05, 4.69) is 24.7 Å². The van der Waals surface area contributed by atoms with Crippen LogP contribution in [-0.2, 0) is 26.8 Å². The summed E-state index contributed by atoms with van der Waals surface area (Å²) < 4.78 is 46.6. The van der Waals surface area contributed by atoms with E-state index < -0.39 is 59.4 Å². The summed E-state index contributed by atoms with van der Waals surface area (Å²) >= 11 is 0. The number of phosphoric ester groups is 1. The third-order valence-electron chi connectivity index (χ3n) is 4.15. The number of hydrogen-bond acceptors (Lipinski definition) is 9. The molecule has 0 saturated heterocycles. The first-order valence-electron chi connectivity index (χ1n) is 7.98. The minimum absolute atomic E-state index is 0.0609. The number of aromatic amines is 1. The monoisotopic (exact) mass is 492 g/mol. The van der Waals surface area contributed by atoms with Gasteiger partial charge in [0.1, 0.15) is 0 Å². The second-order valence-corrected chi connectivity index (χ2v) is 10.8. The van der Waals surface area contributed by atoms with E-state index in [0.29, 0.717) is 0 Å². The maximum absolute atomic E-state index is 12.0. The average molecular weight is 492 g/mol. The molecule has 2 unspecified atom stereocenters. The number of H-pyrrole nitrogens is 1. The third-order valence-corrected chi connectivity index (χ3v) is 7.95. The number of aryl methyl sites for hydroxylation is 1. The molecule has 30 heavy (non-hydrogen) atoms. The molecule has 15 nitrogen and oxygen atoms in total. The molecule has 0 amide bonds. The van der Waals surface area contributed by atoms with Crippen LogP contribution in [0, 0.1) is 12.8 Å². The fourth-order valence-electron chi connectivity index (χ4n) is 2.84. The highest BCUT2D eigenvalue weighted by atomic mass is 31.3. The van der Waals surface area contributed by atoms with Gasteiger partial charge in [-0.2, -0.15) is 8.62 Å². The van der Waals surface area contributed by atoms with Crippen molar-refractivity contribution >= 4 is 23.5 Å². The van der Waals surface area contributed by atoms with Crippen molar-refractivity contribution in [3.8, 4) is 0 Å². The standard InChI is InChI=1S/C12H19N2O13P3/c1-6-4-14(12(17)13-11(6)16)9-3-10(15)8(7(9)2)5-25-29(21,22)27-30(23,24)26-28(18,19)20/h4,8-10,15H,2-3,5H2,1H3,(H,21,22)(H,23,24)(H,13,16,17)(H2,18,19,20)/t8-,9-,10-/m0/s1. The van der Waals surface area contributed by atoms with E-state index in [0.717, 1.165) is 4.57 Å². The zero-order valence-electron chi connectivity index (χ0n) is 15.2. The lowest BCUT2D eigenvalue weighted by atomic mass is 10.0. The number of aromatic nitrogens is 2. The maximum atomic E-state index is 12.0. The highest BCUT2D eigenvalue weighted by Gasteiger charge is 2.43. The second kappa shape index (κ2) is 8.73. The van der Waals surface area contributed by atoms with Crippen molar-refractivity contribution < 1.29 is 51.5 Å². The van der Waals surface area contributed by atoms with Crippen LogP contribution in [0.3, 0.4) is 0 Å². The van der Waals surface area contributed by atoms with Gasteiger partial charge in [0.2, 0.25) is 0 Å². The first-order valence-corrected chi connectivity index (χ1v) is 12.5. The average Bonchev–Trinajstić information content (AvgIpc) is 2.80. The highest BCUT2D eigenvalue weighted by Crippen LogP contribution is 2.66. The van der Waals surface area contributed by atoms with Gasteiger partial charge >= 0.3 is 29.2 Å². The summed E-state index contributed by atoms with van der Waals surface area (Å²) in [4.78, 5) is 61.2. The molecular weight excluding hydrogens is 473 g/mol. The second-order valence-electron chi connectivity index (χ2n) is 6.37. The van der Waals surface area contributed by atoms with Gasteiger partial charge in [0.15, 0.2) is 0 Å². The lowest BCUT2D eigenvalue weighted by Crippen LogP contribution is -2.33. The molecule has 6 N–H and O–H groups in total. The normalized spacial score (nSPS) is 26.3. The molecule has 1 heterocycles. The molecule has 1 aromatic rings. The Hall–Kier alpha value is -1.21. The van der Waals surface area contributed by atoms with Crippen molar-refractivity contribution in [2.24, 2.45) is 5.92 Å². The van der Waals surface area contributed by atoms with Crippen LogP contribution in [0.5, 0.6) is 0 Å². The highest BCUT2D eigenvalue weighted by molar-refractivity contribution is 7.66. The molecule has 1 aliphatic carbocycles. The van der Waals surface area contributed by atoms with Crippen molar-refractivity contribution in [2.45, 2.75) is 25.5 Å². The van der Waals surface area contributed by atoms with Gasteiger partial charge < -0.3 is 24.7 Å². The molecule has 0 spiro atoms. The van der Waals surface area contributed by atoms with Crippen LogP contribution >= 0.6 is 23.5 Å². The summed E-state index contributed by atoms with van der Waals surface area (Å²) in [6.45, 7) is 4.41. The fourth-order valence-corrected chi connectivity index (χ4v) is 5.89. The molecule has 0 radical (unpaired) electrons. The number of aliphatic hydroxyl groups excluding tert-OH is 1. The number of phosphoric acid groups is 3. The van der Waals surface area contributed by atoms with Crippen molar-refractivity contribution in [1.82, 2.24) is 9.55 Å². The minimum atomic E-state index is -5.67. The van der Waals surface area contributed by atoms with Crippen LogP contribution < -0.4 is 11.2 Å². The lowest BCUT2D eigenvalue weighted by Gasteiger charge is -2.20. The predicted molar refractivity (Wildman–Crippen MR) is 98.2 cm³/mol. The summed E-state index contributed by atoms with van der Waals surface area (Å²) in [6, 6.07) is -0.794. The molecule has 170 valence electrons. The van der Waals surface area contributed by atoms with Crippen LogP contribution in [0.4, 0.5) is 0 Å². The third kappa shape index (κ3) is 6.39. The number of rotatable bonds is 8. The van der Waals surface area contributed by atoms with E-state index in [1.165, 1.54) is 13.1 Å². The van der Waals surface area contributed by atoms with Gasteiger partial charge in [0.25, 0.3) is 5.56 Å². The smallest absolute Gasteiger partial charge is 0.392 e. The molecular formula is C12H19N2O13P3. The van der Waals surface area contributed by atoms with Gasteiger partial charge in [-0.05, 0) is 18.9 Å². The van der Waals surface area contributed by atoms with Crippen LogP contribution in [0.15, 0.2) is 27.9 Å². The SMILES string of the molecule is C=C1[C@H](COP(=O)(O)OP(=O)(O)OP(=O)(O)O)[C@@H](O)C[C@@H]1n1cc(C)c(=O)[nH]c1=O. The zero-order chi connectivity index (χ0) is 23.1. The van der Waals surface area contributed by atoms with Crippen LogP contribution in [0.25, 0.3) is 0 Å². The van der Waals surface area contributed by atoms with E-state index in [4.69, 9.17) is 14.7 Å². The molecule has 0 aliphatic heterocycles. The number of hydrogen-bond donors (Lipinski definition) is 6. The predicted octanol–water partition coefficient (Wildman–Crippen LogP) is -0.334. The van der Waals surface area contributed by atoms with Gasteiger partial charge in [-0.1, -0.05) is 6.58 Å². The van der Waals surface area contributed by atoms with Gasteiger partial charge in [-0.15, -0.1) is 0 Å². The Morgan fingerprint density at radius 1 is 1.17 bits per heavy atom. The number of aliphatic hydroxyl groups is 1. The molecule has 18 heteroatoms. The van der Waals surface area contributed by atoms with Crippen molar-refractivity contribution in [3.63, 3.8) is 0 Å². The summed E-state index contributed by atoms with van der Waals surface area (Å²) in [5.74, 6) is -1.03. The van der Waals surface area contributed by atoms with Gasteiger partial charge in [0.05, 0.1) is 18.8 Å². The fraction of sp³-hybridized carbons (Fsp3) is 0.500. The lowest BCUT2D eigenvalue weighted by molar-refractivity contribution is 0.0932. The van der Waals surface area contributed by atoms with E-state index in [1.54, 1.807) is 0 Å². The zero-order valence-corrected chi connectivity index (χ0v) is 17.9. The Balaban J connectivity index is 2.12. The van der Waals surface area contributed by atoms with Crippen molar-refractivity contribution in [3.05, 3.63) is 44.8 Å². The van der Waals surface area contributed by atoms with Crippen LogP contribution in [0.2, 0.25) is 0 Å². The van der Waals surface area contributed by atoms with Crippen LogP contribution in [-0.4, -0.2) is 46.9 Å². The first-order chi connectivity index (χ1) is 13.5. The summed E-state index contributed by atoms with van der Waals surface area (Å²) in [7, 11) is -16.6. The molecule has 0 bridgehead atoms. The Morgan fingerprint density at radius 3 is 2.33 bits per heavy atom. The Kier molecular flexibility index (Phi) is 7.29.